The Morgan fingerprint density at radius 3 is 3.19 bits per heavy atom. The van der Waals surface area contributed by atoms with Crippen LogP contribution in [-0.2, 0) is 6.54 Å². The lowest BCUT2D eigenvalue weighted by Crippen LogP contribution is -2.22. The van der Waals surface area contributed by atoms with Crippen molar-refractivity contribution in [2.45, 2.75) is 6.54 Å². The number of hydrogen-bond donors (Lipinski definition) is 1. The molecule has 2 aromatic rings. The predicted octanol–water partition coefficient (Wildman–Crippen LogP) is 0.564. The highest BCUT2D eigenvalue weighted by Gasteiger charge is 2.23. The van der Waals surface area contributed by atoms with Crippen LogP contribution in [0.4, 0.5) is 0 Å². The van der Waals surface area contributed by atoms with Gasteiger partial charge in [0.05, 0.1) is 11.9 Å². The summed E-state index contributed by atoms with van der Waals surface area (Å²) in [5, 5.41) is 10.6. The van der Waals surface area contributed by atoms with Gasteiger partial charge in [0.25, 0.3) is 0 Å². The molecule has 21 heavy (non-hydrogen) atoms. The normalized spacial score (nSPS) is 19.0. The van der Waals surface area contributed by atoms with Gasteiger partial charge in [0.1, 0.15) is 4.67 Å². The third-order valence-electron chi connectivity index (χ3n) is 3.67. The molecule has 3 heterocycles. The molecule has 0 saturated heterocycles. The van der Waals surface area contributed by atoms with Gasteiger partial charge < -0.3 is 9.67 Å². The smallest absolute Gasteiger partial charge is 0.223 e. The first-order valence-electron chi connectivity index (χ1n) is 6.54. The zero-order valence-electron chi connectivity index (χ0n) is 10.9. The molecule has 0 aromatic carbocycles. The van der Waals surface area contributed by atoms with Crippen molar-refractivity contribution in [1.29, 1.82) is 0 Å². The van der Waals surface area contributed by atoms with Crippen molar-refractivity contribution >= 4 is 17.1 Å². The standard InChI is InChI=1S/C15H11N3O2S/c19-12-4-5-18(8-13(12)20)7-9-2-1-3-11-14(9)10-6-16-21-15(10)17-11/h1-6,8-9,20H,7H2. The molecule has 0 fully saturated rings. The van der Waals surface area contributed by atoms with E-state index in [-0.39, 0.29) is 17.1 Å². The van der Waals surface area contributed by atoms with Crippen LogP contribution >= 0.6 is 11.5 Å². The molecule has 4 rings (SSSR count). The maximum Gasteiger partial charge on any atom is 0.223 e. The number of fused-ring (bicyclic) bond motifs is 2. The van der Waals surface area contributed by atoms with E-state index in [0.717, 1.165) is 15.6 Å². The molecule has 0 radical (unpaired) electrons. The van der Waals surface area contributed by atoms with Gasteiger partial charge in [-0.25, -0.2) is 4.99 Å². The molecule has 6 heteroatoms. The molecule has 1 aliphatic carbocycles. The van der Waals surface area contributed by atoms with Gasteiger partial charge in [-0.3, -0.25) is 4.79 Å². The fraction of sp³-hybridized carbons (Fsp3) is 0.133. The van der Waals surface area contributed by atoms with Crippen molar-refractivity contribution < 1.29 is 5.11 Å². The minimum Gasteiger partial charge on any atom is -0.503 e. The van der Waals surface area contributed by atoms with Gasteiger partial charge in [0, 0.05) is 36.1 Å². The first kappa shape index (κ1) is 12.3. The van der Waals surface area contributed by atoms with Crippen LogP contribution in [0.5, 0.6) is 5.75 Å². The maximum atomic E-state index is 11.3. The average Bonchev–Trinajstić information content (AvgIpc) is 3.03. The summed E-state index contributed by atoms with van der Waals surface area (Å²) in [6.07, 6.45) is 11.1. The highest BCUT2D eigenvalue weighted by atomic mass is 32.1. The van der Waals surface area contributed by atoms with E-state index in [1.807, 2.05) is 22.9 Å². The molecule has 5 nitrogen and oxygen atoms in total. The Kier molecular flexibility index (Phi) is 2.65. The Morgan fingerprint density at radius 1 is 1.43 bits per heavy atom. The zero-order valence-corrected chi connectivity index (χ0v) is 11.7. The second-order valence-corrected chi connectivity index (χ2v) is 5.78. The molecule has 0 amide bonds. The van der Waals surface area contributed by atoms with Gasteiger partial charge in [0.2, 0.25) is 5.43 Å². The van der Waals surface area contributed by atoms with Crippen LogP contribution < -0.4 is 15.3 Å². The highest BCUT2D eigenvalue weighted by Crippen LogP contribution is 2.29. The van der Waals surface area contributed by atoms with Crippen LogP contribution in [0, 0.1) is 5.92 Å². The van der Waals surface area contributed by atoms with Crippen LogP contribution in [0.1, 0.15) is 0 Å². The molecule has 1 atom stereocenters. The molecule has 104 valence electrons. The number of hydrogen-bond acceptors (Lipinski definition) is 5. The average molecular weight is 297 g/mol. The van der Waals surface area contributed by atoms with Gasteiger partial charge in [-0.2, -0.15) is 4.37 Å². The second kappa shape index (κ2) is 4.53. The van der Waals surface area contributed by atoms with Crippen LogP contribution in [-0.4, -0.2) is 14.0 Å². The fourth-order valence-corrected chi connectivity index (χ4v) is 3.36. The van der Waals surface area contributed by atoms with Gasteiger partial charge in [-0.1, -0.05) is 12.2 Å². The Labute approximate surface area is 123 Å². The zero-order chi connectivity index (χ0) is 14.4. The summed E-state index contributed by atoms with van der Waals surface area (Å²) in [4.78, 5) is 15.8. The van der Waals surface area contributed by atoms with Crippen LogP contribution in [0.15, 0.2) is 58.4 Å². The minimum atomic E-state index is -0.362. The summed E-state index contributed by atoms with van der Waals surface area (Å²) in [5.74, 6) is -0.0830. The molecule has 1 unspecified atom stereocenters. The van der Waals surface area contributed by atoms with Gasteiger partial charge in [0.15, 0.2) is 5.75 Å². The molecular weight excluding hydrogens is 286 g/mol. The van der Waals surface area contributed by atoms with Crippen LogP contribution in [0.3, 0.4) is 0 Å². The van der Waals surface area contributed by atoms with E-state index in [0.29, 0.717) is 6.54 Å². The van der Waals surface area contributed by atoms with Crippen molar-refractivity contribution in [3.05, 3.63) is 68.7 Å². The molecule has 0 bridgehead atoms. The number of aromatic nitrogens is 2. The monoisotopic (exact) mass is 297 g/mol. The van der Waals surface area contributed by atoms with Crippen LogP contribution in [0.2, 0.25) is 0 Å². The Bertz CT molecular complexity index is 965. The molecule has 1 N–H and O–H groups in total. The lowest BCUT2D eigenvalue weighted by Gasteiger charge is -2.19. The molecule has 0 spiro atoms. The number of nitrogens with zero attached hydrogens (tertiary/aromatic N) is 3. The number of rotatable bonds is 2. The Morgan fingerprint density at radius 2 is 2.33 bits per heavy atom. The third-order valence-corrected chi connectivity index (χ3v) is 4.37. The fourth-order valence-electron chi connectivity index (χ4n) is 2.71. The van der Waals surface area contributed by atoms with E-state index in [4.69, 9.17) is 0 Å². The number of allylic oxidation sites excluding steroid dienone is 4. The second-order valence-electron chi connectivity index (χ2n) is 5.00. The summed E-state index contributed by atoms with van der Waals surface area (Å²) in [6, 6.07) is 1.37. The summed E-state index contributed by atoms with van der Waals surface area (Å²) < 4.78 is 6.96. The Hall–Kier alpha value is -2.47. The quantitative estimate of drug-likeness (QED) is 0.881. The first-order valence-corrected chi connectivity index (χ1v) is 7.31. The van der Waals surface area contributed by atoms with Crippen molar-refractivity contribution in [3.63, 3.8) is 0 Å². The maximum absolute atomic E-state index is 11.3. The van der Waals surface area contributed by atoms with Crippen molar-refractivity contribution in [1.82, 2.24) is 8.94 Å². The molecule has 1 aliphatic heterocycles. The molecule has 2 aliphatic rings. The summed E-state index contributed by atoms with van der Waals surface area (Å²) in [6.45, 7) is 0.641. The van der Waals surface area contributed by atoms with Crippen molar-refractivity contribution in [2.24, 2.45) is 10.9 Å². The van der Waals surface area contributed by atoms with Gasteiger partial charge in [-0.05, 0) is 23.2 Å². The van der Waals surface area contributed by atoms with Crippen molar-refractivity contribution in [2.75, 3.05) is 0 Å². The topological polar surface area (TPSA) is 67.5 Å². The first-order chi connectivity index (χ1) is 10.2. The van der Waals surface area contributed by atoms with Crippen molar-refractivity contribution in [3.8, 4) is 5.75 Å². The summed E-state index contributed by atoms with van der Waals surface area (Å²) >= 11 is 1.40. The highest BCUT2D eigenvalue weighted by molar-refractivity contribution is 7.03. The largest absolute Gasteiger partial charge is 0.503 e. The summed E-state index contributed by atoms with van der Waals surface area (Å²) in [7, 11) is 0. The lowest BCUT2D eigenvalue weighted by molar-refractivity contribution is 0.458. The third kappa shape index (κ3) is 1.95. The van der Waals surface area contributed by atoms with E-state index in [1.165, 1.54) is 29.4 Å². The molecule has 0 saturated carbocycles. The van der Waals surface area contributed by atoms with E-state index >= 15 is 0 Å². The van der Waals surface area contributed by atoms with E-state index in [1.54, 1.807) is 6.20 Å². The molecular formula is C15H11N3O2S. The van der Waals surface area contributed by atoms with E-state index < -0.39 is 0 Å². The van der Waals surface area contributed by atoms with Gasteiger partial charge >= 0.3 is 0 Å². The lowest BCUT2D eigenvalue weighted by atomic mass is 9.91. The van der Waals surface area contributed by atoms with E-state index in [9.17, 15) is 9.90 Å². The number of aromatic hydroxyl groups is 1. The Balaban J connectivity index is 1.77. The predicted molar refractivity (Wildman–Crippen MR) is 79.4 cm³/mol. The van der Waals surface area contributed by atoms with E-state index in [2.05, 4.69) is 15.4 Å². The molecule has 2 aromatic heterocycles. The SMILES string of the molecule is O=c1ccn(CC2C=CC=C3N=c4sncc4=C32)cc1O. The summed E-state index contributed by atoms with van der Waals surface area (Å²) in [5.41, 5.74) is 1.79. The number of pyridine rings is 1. The minimum absolute atomic E-state index is 0.147. The van der Waals surface area contributed by atoms with Gasteiger partial charge in [-0.15, -0.1) is 0 Å². The van der Waals surface area contributed by atoms with Crippen LogP contribution in [0.25, 0.3) is 5.57 Å².